The van der Waals surface area contributed by atoms with Crippen LogP contribution < -0.4 is 5.32 Å². The standard InChI is InChI=1S/C21H22N4O/c1-14-18(12-19(25(14)2)15-5-3-6-15)21(26)24-20-11-16(8-10-23-20)17-7-4-9-22-13-17/h4,7-13,15H,3,5-6H2,1-2H3,(H,23,24,26). The summed E-state index contributed by atoms with van der Waals surface area (Å²) in [4.78, 5) is 21.2. The Hall–Kier alpha value is -2.95. The lowest BCUT2D eigenvalue weighted by Crippen LogP contribution is -2.14. The van der Waals surface area contributed by atoms with Crippen molar-refractivity contribution >= 4 is 11.7 Å². The number of nitrogens with one attached hydrogen (secondary N) is 1. The van der Waals surface area contributed by atoms with Gasteiger partial charge in [-0.3, -0.25) is 9.78 Å². The molecule has 3 aromatic rings. The molecular formula is C21H22N4O. The maximum Gasteiger partial charge on any atom is 0.258 e. The van der Waals surface area contributed by atoms with Gasteiger partial charge in [-0.2, -0.15) is 0 Å². The van der Waals surface area contributed by atoms with Gasteiger partial charge in [-0.25, -0.2) is 4.98 Å². The van der Waals surface area contributed by atoms with Crippen LogP contribution in [0.15, 0.2) is 48.9 Å². The molecule has 0 aliphatic heterocycles. The first kappa shape index (κ1) is 16.5. The normalized spacial score (nSPS) is 14.1. The van der Waals surface area contributed by atoms with Crippen LogP contribution in [0, 0.1) is 6.92 Å². The molecule has 0 aromatic carbocycles. The van der Waals surface area contributed by atoms with Crippen LogP contribution in [-0.2, 0) is 7.05 Å². The van der Waals surface area contributed by atoms with Crippen LogP contribution in [0.5, 0.6) is 0 Å². The van der Waals surface area contributed by atoms with Gasteiger partial charge in [0, 0.05) is 42.6 Å². The Morgan fingerprint density at radius 2 is 2.04 bits per heavy atom. The summed E-state index contributed by atoms with van der Waals surface area (Å²) in [6.45, 7) is 2.00. The smallest absolute Gasteiger partial charge is 0.258 e. The van der Waals surface area contributed by atoms with Gasteiger partial charge in [-0.15, -0.1) is 0 Å². The first-order chi connectivity index (χ1) is 12.6. The number of amides is 1. The summed E-state index contributed by atoms with van der Waals surface area (Å²) in [5, 5.41) is 2.94. The molecule has 5 heteroatoms. The minimum atomic E-state index is -0.112. The molecule has 0 bridgehead atoms. The Balaban J connectivity index is 1.57. The molecule has 132 valence electrons. The second-order valence-corrected chi connectivity index (χ2v) is 6.88. The molecule has 1 fully saturated rings. The number of anilines is 1. The minimum absolute atomic E-state index is 0.112. The van der Waals surface area contributed by atoms with Crippen LogP contribution in [0.3, 0.4) is 0 Å². The van der Waals surface area contributed by atoms with E-state index in [9.17, 15) is 4.79 Å². The largest absolute Gasteiger partial charge is 0.351 e. The van der Waals surface area contributed by atoms with E-state index in [1.807, 2.05) is 44.3 Å². The van der Waals surface area contributed by atoms with Crippen LogP contribution in [0.2, 0.25) is 0 Å². The summed E-state index contributed by atoms with van der Waals surface area (Å²) in [5.74, 6) is 1.02. The summed E-state index contributed by atoms with van der Waals surface area (Å²) in [6.07, 6.45) is 8.95. The minimum Gasteiger partial charge on any atom is -0.351 e. The van der Waals surface area contributed by atoms with E-state index in [-0.39, 0.29) is 5.91 Å². The van der Waals surface area contributed by atoms with Crippen molar-refractivity contribution in [1.29, 1.82) is 0 Å². The summed E-state index contributed by atoms with van der Waals surface area (Å²) in [5.41, 5.74) is 4.95. The summed E-state index contributed by atoms with van der Waals surface area (Å²) in [7, 11) is 2.04. The molecule has 3 heterocycles. The SMILES string of the molecule is Cc1c(C(=O)Nc2cc(-c3cccnc3)ccn2)cc(C2CCC2)n1C. The van der Waals surface area contributed by atoms with Crippen molar-refractivity contribution in [2.24, 2.45) is 7.05 Å². The Labute approximate surface area is 153 Å². The van der Waals surface area contributed by atoms with E-state index in [2.05, 4.69) is 19.9 Å². The van der Waals surface area contributed by atoms with E-state index in [0.717, 1.165) is 22.4 Å². The molecule has 0 radical (unpaired) electrons. The summed E-state index contributed by atoms with van der Waals surface area (Å²) < 4.78 is 2.15. The number of carbonyl (C=O) groups is 1. The van der Waals surface area contributed by atoms with Crippen molar-refractivity contribution in [3.8, 4) is 11.1 Å². The van der Waals surface area contributed by atoms with Crippen LogP contribution in [0.25, 0.3) is 11.1 Å². The molecule has 0 atom stereocenters. The quantitative estimate of drug-likeness (QED) is 0.766. The molecule has 0 unspecified atom stereocenters. The number of nitrogens with zero attached hydrogens (tertiary/aromatic N) is 3. The van der Waals surface area contributed by atoms with Gasteiger partial charge in [-0.1, -0.05) is 12.5 Å². The highest BCUT2D eigenvalue weighted by atomic mass is 16.1. The van der Waals surface area contributed by atoms with E-state index in [0.29, 0.717) is 11.7 Å². The lowest BCUT2D eigenvalue weighted by molar-refractivity contribution is 0.102. The molecule has 1 saturated carbocycles. The van der Waals surface area contributed by atoms with Gasteiger partial charge < -0.3 is 9.88 Å². The van der Waals surface area contributed by atoms with Gasteiger partial charge in [0.25, 0.3) is 5.91 Å². The van der Waals surface area contributed by atoms with Crippen molar-refractivity contribution in [2.45, 2.75) is 32.1 Å². The van der Waals surface area contributed by atoms with Gasteiger partial charge in [0.05, 0.1) is 5.56 Å². The molecule has 0 spiro atoms. The zero-order valence-corrected chi connectivity index (χ0v) is 15.1. The first-order valence-electron chi connectivity index (χ1n) is 8.97. The molecule has 1 N–H and O–H groups in total. The average molecular weight is 346 g/mol. The van der Waals surface area contributed by atoms with E-state index in [1.54, 1.807) is 18.6 Å². The van der Waals surface area contributed by atoms with E-state index in [1.165, 1.54) is 25.0 Å². The first-order valence-corrected chi connectivity index (χ1v) is 8.97. The number of hydrogen-bond acceptors (Lipinski definition) is 3. The fraction of sp³-hybridized carbons (Fsp3) is 0.286. The van der Waals surface area contributed by atoms with Crippen LogP contribution in [0.1, 0.15) is 46.9 Å². The highest BCUT2D eigenvalue weighted by Gasteiger charge is 2.25. The highest BCUT2D eigenvalue weighted by molar-refractivity contribution is 6.05. The number of pyridine rings is 2. The number of rotatable bonds is 4. The van der Waals surface area contributed by atoms with E-state index in [4.69, 9.17) is 0 Å². The molecular weight excluding hydrogens is 324 g/mol. The maximum absolute atomic E-state index is 12.8. The van der Waals surface area contributed by atoms with Crippen molar-refractivity contribution < 1.29 is 4.79 Å². The molecule has 0 saturated heterocycles. The topological polar surface area (TPSA) is 59.8 Å². The highest BCUT2D eigenvalue weighted by Crippen LogP contribution is 2.37. The Morgan fingerprint density at radius 3 is 2.73 bits per heavy atom. The van der Waals surface area contributed by atoms with Gasteiger partial charge in [0.2, 0.25) is 0 Å². The molecule has 5 nitrogen and oxygen atoms in total. The summed E-state index contributed by atoms with van der Waals surface area (Å²) >= 11 is 0. The summed E-state index contributed by atoms with van der Waals surface area (Å²) in [6, 6.07) is 9.71. The molecule has 1 aliphatic carbocycles. The van der Waals surface area contributed by atoms with E-state index < -0.39 is 0 Å². The van der Waals surface area contributed by atoms with Gasteiger partial charge in [0.1, 0.15) is 5.82 Å². The van der Waals surface area contributed by atoms with Crippen molar-refractivity contribution in [3.63, 3.8) is 0 Å². The predicted molar refractivity (Wildman–Crippen MR) is 102 cm³/mol. The van der Waals surface area contributed by atoms with Crippen LogP contribution in [0.4, 0.5) is 5.82 Å². The fourth-order valence-corrected chi connectivity index (χ4v) is 3.44. The second-order valence-electron chi connectivity index (χ2n) is 6.88. The van der Waals surface area contributed by atoms with Crippen molar-refractivity contribution in [1.82, 2.24) is 14.5 Å². The molecule has 3 aromatic heterocycles. The third-order valence-corrected chi connectivity index (χ3v) is 5.34. The number of carbonyl (C=O) groups excluding carboxylic acids is 1. The monoisotopic (exact) mass is 346 g/mol. The van der Waals surface area contributed by atoms with Gasteiger partial charge >= 0.3 is 0 Å². The Morgan fingerprint density at radius 1 is 1.19 bits per heavy atom. The Kier molecular flexibility index (Phi) is 4.29. The zero-order valence-electron chi connectivity index (χ0n) is 15.1. The third kappa shape index (κ3) is 3.01. The number of hydrogen-bond donors (Lipinski definition) is 1. The predicted octanol–water partition coefficient (Wildman–Crippen LogP) is 4.31. The lowest BCUT2D eigenvalue weighted by Gasteiger charge is -2.26. The number of aromatic nitrogens is 3. The molecule has 4 rings (SSSR count). The van der Waals surface area contributed by atoms with Crippen molar-refractivity contribution in [2.75, 3.05) is 5.32 Å². The Bertz CT molecular complexity index is 942. The molecule has 1 amide bonds. The van der Waals surface area contributed by atoms with Crippen LogP contribution >= 0.6 is 0 Å². The van der Waals surface area contributed by atoms with Crippen molar-refractivity contribution in [3.05, 3.63) is 65.9 Å². The van der Waals surface area contributed by atoms with Gasteiger partial charge in [-0.05, 0) is 55.5 Å². The lowest BCUT2D eigenvalue weighted by atomic mass is 9.83. The van der Waals surface area contributed by atoms with Crippen LogP contribution in [-0.4, -0.2) is 20.4 Å². The maximum atomic E-state index is 12.8. The average Bonchev–Trinajstić information content (AvgIpc) is 2.90. The molecule has 26 heavy (non-hydrogen) atoms. The fourth-order valence-electron chi connectivity index (χ4n) is 3.44. The van der Waals surface area contributed by atoms with E-state index >= 15 is 0 Å². The molecule has 1 aliphatic rings. The third-order valence-electron chi connectivity index (χ3n) is 5.34. The zero-order chi connectivity index (χ0) is 18.1. The van der Waals surface area contributed by atoms with Gasteiger partial charge in [0.15, 0.2) is 0 Å². The second kappa shape index (κ2) is 6.75.